The summed E-state index contributed by atoms with van der Waals surface area (Å²) >= 11 is 6.40. The molecule has 2 aromatic rings. The van der Waals surface area contributed by atoms with Crippen molar-refractivity contribution in [3.8, 4) is 0 Å². The molecule has 27 heavy (non-hydrogen) atoms. The highest BCUT2D eigenvalue weighted by molar-refractivity contribution is 6.31. The number of likely N-dealkylation sites (tertiary alicyclic amines) is 1. The van der Waals surface area contributed by atoms with Crippen molar-refractivity contribution >= 4 is 23.4 Å². The lowest BCUT2D eigenvalue weighted by Crippen LogP contribution is -2.47. The van der Waals surface area contributed by atoms with E-state index in [1.807, 2.05) is 38.1 Å². The Bertz CT molecular complexity index is 820. The molecule has 6 nitrogen and oxygen atoms in total. The number of rotatable bonds is 6. The number of halogens is 1. The summed E-state index contributed by atoms with van der Waals surface area (Å²) in [6.07, 6.45) is 1.63. The number of hydrogen-bond acceptors (Lipinski definition) is 4. The SMILES string of the molecule is CCc1cc(CNC(=O)[C@@H]2CCC(=O)N(CC)[C@H]2c2ccccc2Cl)on1. The van der Waals surface area contributed by atoms with Gasteiger partial charge in [0.05, 0.1) is 24.2 Å². The zero-order valence-electron chi connectivity index (χ0n) is 15.6. The summed E-state index contributed by atoms with van der Waals surface area (Å²) in [6.45, 7) is 4.72. The molecular formula is C20H24ClN3O3. The smallest absolute Gasteiger partial charge is 0.225 e. The second-order valence-corrected chi connectivity index (χ2v) is 7.05. The fourth-order valence-corrected chi connectivity index (χ4v) is 3.86. The van der Waals surface area contributed by atoms with Crippen molar-refractivity contribution in [2.75, 3.05) is 6.54 Å². The first-order valence-corrected chi connectivity index (χ1v) is 9.69. The number of nitrogens with one attached hydrogen (secondary N) is 1. The van der Waals surface area contributed by atoms with E-state index in [0.717, 1.165) is 17.7 Å². The molecule has 1 fully saturated rings. The van der Waals surface area contributed by atoms with Crippen LogP contribution in [0.3, 0.4) is 0 Å². The molecule has 7 heteroatoms. The van der Waals surface area contributed by atoms with Crippen molar-refractivity contribution in [3.05, 3.63) is 52.4 Å². The van der Waals surface area contributed by atoms with E-state index < -0.39 is 0 Å². The van der Waals surface area contributed by atoms with Gasteiger partial charge in [0.2, 0.25) is 11.8 Å². The maximum atomic E-state index is 13.0. The Morgan fingerprint density at radius 1 is 1.37 bits per heavy atom. The minimum absolute atomic E-state index is 0.0503. The first-order valence-electron chi connectivity index (χ1n) is 9.31. The molecule has 2 atom stereocenters. The quantitative estimate of drug-likeness (QED) is 0.820. The first-order chi connectivity index (χ1) is 13.0. The lowest BCUT2D eigenvalue weighted by molar-refractivity contribution is -0.143. The number of nitrogens with zero attached hydrogens (tertiary/aromatic N) is 2. The van der Waals surface area contributed by atoms with Gasteiger partial charge in [-0.05, 0) is 31.4 Å². The van der Waals surface area contributed by atoms with Gasteiger partial charge in [-0.25, -0.2) is 0 Å². The van der Waals surface area contributed by atoms with Crippen LogP contribution in [0.25, 0.3) is 0 Å². The zero-order chi connectivity index (χ0) is 19.4. The topological polar surface area (TPSA) is 75.4 Å². The molecule has 1 aliphatic heterocycles. The average Bonchev–Trinajstić information content (AvgIpc) is 3.14. The van der Waals surface area contributed by atoms with Crippen LogP contribution in [0, 0.1) is 5.92 Å². The predicted octanol–water partition coefficient (Wildman–Crippen LogP) is 3.51. The Labute approximate surface area is 163 Å². The maximum absolute atomic E-state index is 13.0. The minimum Gasteiger partial charge on any atom is -0.359 e. The van der Waals surface area contributed by atoms with Gasteiger partial charge < -0.3 is 14.7 Å². The summed E-state index contributed by atoms with van der Waals surface area (Å²) < 4.78 is 5.23. The third-order valence-electron chi connectivity index (χ3n) is 5.01. The number of piperidine rings is 1. The highest BCUT2D eigenvalue weighted by Crippen LogP contribution is 2.39. The van der Waals surface area contributed by atoms with Crippen molar-refractivity contribution in [2.45, 2.75) is 45.7 Å². The second-order valence-electron chi connectivity index (χ2n) is 6.65. The van der Waals surface area contributed by atoms with Crippen LogP contribution in [-0.4, -0.2) is 28.4 Å². The van der Waals surface area contributed by atoms with Crippen LogP contribution < -0.4 is 5.32 Å². The molecule has 3 rings (SSSR count). The summed E-state index contributed by atoms with van der Waals surface area (Å²) in [5.74, 6) is 0.194. The van der Waals surface area contributed by atoms with Crippen molar-refractivity contribution in [1.29, 1.82) is 0 Å². The van der Waals surface area contributed by atoms with Gasteiger partial charge in [0.25, 0.3) is 0 Å². The van der Waals surface area contributed by atoms with E-state index in [0.29, 0.717) is 30.2 Å². The number of benzene rings is 1. The third-order valence-corrected chi connectivity index (χ3v) is 5.36. The van der Waals surface area contributed by atoms with E-state index in [1.165, 1.54) is 0 Å². The van der Waals surface area contributed by atoms with Crippen LogP contribution in [-0.2, 0) is 22.6 Å². The molecule has 0 bridgehead atoms. The van der Waals surface area contributed by atoms with Gasteiger partial charge in [-0.2, -0.15) is 0 Å². The fraction of sp³-hybridized carbons (Fsp3) is 0.450. The Kier molecular flexibility index (Phi) is 6.16. The number of carbonyl (C=O) groups is 2. The largest absolute Gasteiger partial charge is 0.359 e. The van der Waals surface area contributed by atoms with Gasteiger partial charge in [0.1, 0.15) is 0 Å². The molecule has 1 N–H and O–H groups in total. The van der Waals surface area contributed by atoms with Crippen molar-refractivity contribution < 1.29 is 14.1 Å². The van der Waals surface area contributed by atoms with E-state index in [4.69, 9.17) is 16.1 Å². The molecule has 0 unspecified atom stereocenters. The van der Waals surface area contributed by atoms with Gasteiger partial charge in [0.15, 0.2) is 5.76 Å². The molecule has 2 amide bonds. The summed E-state index contributed by atoms with van der Waals surface area (Å²) in [5.41, 5.74) is 1.66. The molecule has 0 aliphatic carbocycles. The minimum atomic E-state index is -0.370. The molecule has 144 valence electrons. The highest BCUT2D eigenvalue weighted by atomic mass is 35.5. The molecule has 1 aromatic heterocycles. The van der Waals surface area contributed by atoms with Crippen LogP contribution in [0.2, 0.25) is 5.02 Å². The van der Waals surface area contributed by atoms with Crippen LogP contribution in [0.15, 0.2) is 34.9 Å². The van der Waals surface area contributed by atoms with E-state index in [1.54, 1.807) is 11.0 Å². The Balaban J connectivity index is 1.81. The van der Waals surface area contributed by atoms with Gasteiger partial charge in [0, 0.05) is 24.1 Å². The molecule has 0 saturated carbocycles. The fourth-order valence-electron chi connectivity index (χ4n) is 3.61. The normalized spacial score (nSPS) is 20.0. The molecule has 1 aromatic carbocycles. The summed E-state index contributed by atoms with van der Waals surface area (Å²) in [6, 6.07) is 8.87. The van der Waals surface area contributed by atoms with Gasteiger partial charge >= 0.3 is 0 Å². The average molecular weight is 390 g/mol. The predicted molar refractivity (Wildman–Crippen MR) is 102 cm³/mol. The Morgan fingerprint density at radius 2 is 2.15 bits per heavy atom. The lowest BCUT2D eigenvalue weighted by Gasteiger charge is -2.40. The summed E-state index contributed by atoms with van der Waals surface area (Å²) in [5, 5.41) is 7.43. The summed E-state index contributed by atoms with van der Waals surface area (Å²) in [4.78, 5) is 27.1. The van der Waals surface area contributed by atoms with Crippen LogP contribution >= 0.6 is 11.6 Å². The number of carbonyl (C=O) groups excluding carboxylic acids is 2. The summed E-state index contributed by atoms with van der Waals surface area (Å²) in [7, 11) is 0. The third kappa shape index (κ3) is 4.16. The van der Waals surface area contributed by atoms with E-state index >= 15 is 0 Å². The van der Waals surface area contributed by atoms with Gasteiger partial charge in [-0.1, -0.05) is 41.9 Å². The standard InChI is InChI=1S/C20H24ClN3O3/c1-3-13-11-14(27-23-13)12-22-20(26)16-9-10-18(25)24(4-2)19(16)15-7-5-6-8-17(15)21/h5-8,11,16,19H,3-4,9-10,12H2,1-2H3,(H,22,26)/t16-,19+/m1/s1. The highest BCUT2D eigenvalue weighted by Gasteiger charge is 2.40. The zero-order valence-corrected chi connectivity index (χ0v) is 16.3. The molecule has 2 heterocycles. The van der Waals surface area contributed by atoms with Crippen molar-refractivity contribution in [3.63, 3.8) is 0 Å². The number of aromatic nitrogens is 1. The van der Waals surface area contributed by atoms with E-state index in [2.05, 4.69) is 10.5 Å². The molecule has 1 saturated heterocycles. The van der Waals surface area contributed by atoms with Gasteiger partial charge in [-0.15, -0.1) is 0 Å². The Hall–Kier alpha value is -2.34. The van der Waals surface area contributed by atoms with Crippen molar-refractivity contribution in [1.82, 2.24) is 15.4 Å². The number of aryl methyl sites for hydroxylation is 1. The monoisotopic (exact) mass is 389 g/mol. The maximum Gasteiger partial charge on any atom is 0.225 e. The molecular weight excluding hydrogens is 366 g/mol. The van der Waals surface area contributed by atoms with Crippen LogP contribution in [0.1, 0.15) is 49.7 Å². The van der Waals surface area contributed by atoms with Gasteiger partial charge in [-0.3, -0.25) is 9.59 Å². The Morgan fingerprint density at radius 3 is 2.81 bits per heavy atom. The van der Waals surface area contributed by atoms with Crippen LogP contribution in [0.5, 0.6) is 0 Å². The second kappa shape index (κ2) is 8.57. The molecule has 0 radical (unpaired) electrons. The molecule has 0 spiro atoms. The lowest BCUT2D eigenvalue weighted by atomic mass is 9.83. The van der Waals surface area contributed by atoms with E-state index in [-0.39, 0.29) is 30.3 Å². The number of amides is 2. The molecule has 1 aliphatic rings. The first kappa shape index (κ1) is 19.4. The van der Waals surface area contributed by atoms with E-state index in [9.17, 15) is 9.59 Å². The number of hydrogen-bond donors (Lipinski definition) is 1. The van der Waals surface area contributed by atoms with Crippen molar-refractivity contribution in [2.24, 2.45) is 5.92 Å². The van der Waals surface area contributed by atoms with Crippen LogP contribution in [0.4, 0.5) is 0 Å².